The summed E-state index contributed by atoms with van der Waals surface area (Å²) >= 11 is 3.61. The topological polar surface area (TPSA) is 50.1 Å². The Morgan fingerprint density at radius 1 is 1.44 bits per heavy atom. The Balaban J connectivity index is 2.50. The highest BCUT2D eigenvalue weighted by atomic mass is 79.9. The fourth-order valence-corrected chi connectivity index (χ4v) is 2.80. The Morgan fingerprint density at radius 3 is 2.67 bits per heavy atom. The van der Waals surface area contributed by atoms with E-state index in [1.807, 2.05) is 11.7 Å². The van der Waals surface area contributed by atoms with Crippen LogP contribution in [0, 0.1) is 5.92 Å². The van der Waals surface area contributed by atoms with Crippen LogP contribution in [-0.2, 0) is 20.0 Å². The minimum absolute atomic E-state index is 0.273. The summed E-state index contributed by atoms with van der Waals surface area (Å²) in [5.74, 6) is 0.549. The number of halogens is 1. The summed E-state index contributed by atoms with van der Waals surface area (Å²) in [4.78, 5) is 0. The van der Waals surface area contributed by atoms with Gasteiger partial charge in [0.2, 0.25) is 0 Å². The lowest BCUT2D eigenvalue weighted by molar-refractivity contribution is 0.251. The second-order valence-corrected chi connectivity index (χ2v) is 5.39. The molecule has 0 aliphatic carbocycles. The van der Waals surface area contributed by atoms with E-state index in [0.29, 0.717) is 5.92 Å². The van der Waals surface area contributed by atoms with E-state index in [1.54, 1.807) is 0 Å². The summed E-state index contributed by atoms with van der Waals surface area (Å²) in [6.07, 6.45) is 2.91. The van der Waals surface area contributed by atoms with Gasteiger partial charge in [-0.3, -0.25) is 4.68 Å². The molecule has 2 N–H and O–H groups in total. The van der Waals surface area contributed by atoms with Gasteiger partial charge in [-0.15, -0.1) is 0 Å². The van der Waals surface area contributed by atoms with Crippen LogP contribution in [0.3, 0.4) is 0 Å². The van der Waals surface area contributed by atoms with Gasteiger partial charge in [0, 0.05) is 20.2 Å². The van der Waals surface area contributed by atoms with E-state index in [4.69, 9.17) is 5.11 Å². The molecule has 1 atom stereocenters. The second kappa shape index (κ2) is 7.92. The summed E-state index contributed by atoms with van der Waals surface area (Å²) in [5.41, 5.74) is 2.29. The molecule has 5 heteroatoms. The van der Waals surface area contributed by atoms with Crippen molar-refractivity contribution in [2.75, 3.05) is 13.2 Å². The van der Waals surface area contributed by atoms with Crippen molar-refractivity contribution in [2.45, 2.75) is 39.7 Å². The number of nitrogens with one attached hydrogen (secondary N) is 1. The SMILES string of the molecule is CCc1nn(C)c(CNCC(CC)CCO)c1Br. The first kappa shape index (κ1) is 15.7. The Labute approximate surface area is 118 Å². The zero-order valence-corrected chi connectivity index (χ0v) is 13.1. The van der Waals surface area contributed by atoms with E-state index in [-0.39, 0.29) is 6.61 Å². The molecule has 1 aromatic rings. The molecule has 0 saturated carbocycles. The van der Waals surface area contributed by atoms with Crippen molar-refractivity contribution < 1.29 is 5.11 Å². The fourth-order valence-electron chi connectivity index (χ4n) is 2.04. The zero-order valence-electron chi connectivity index (χ0n) is 11.5. The molecular formula is C13H24BrN3O. The highest BCUT2D eigenvalue weighted by Crippen LogP contribution is 2.21. The van der Waals surface area contributed by atoms with Crippen LogP contribution in [0.25, 0.3) is 0 Å². The maximum atomic E-state index is 8.96. The summed E-state index contributed by atoms with van der Waals surface area (Å²) in [6, 6.07) is 0. The molecule has 0 aromatic carbocycles. The lowest BCUT2D eigenvalue weighted by Crippen LogP contribution is -2.24. The molecule has 1 heterocycles. The molecular weight excluding hydrogens is 294 g/mol. The molecule has 0 aliphatic rings. The van der Waals surface area contributed by atoms with Crippen LogP contribution in [0.2, 0.25) is 0 Å². The lowest BCUT2D eigenvalue weighted by Gasteiger charge is -2.14. The molecule has 4 nitrogen and oxygen atoms in total. The van der Waals surface area contributed by atoms with E-state index < -0.39 is 0 Å². The molecule has 0 spiro atoms. The number of hydrogen-bond donors (Lipinski definition) is 2. The first-order valence-corrected chi connectivity index (χ1v) is 7.45. The molecule has 0 radical (unpaired) electrons. The largest absolute Gasteiger partial charge is 0.396 e. The number of aliphatic hydroxyl groups is 1. The monoisotopic (exact) mass is 317 g/mol. The third kappa shape index (κ3) is 4.07. The zero-order chi connectivity index (χ0) is 13.5. The van der Waals surface area contributed by atoms with Gasteiger partial charge in [0.15, 0.2) is 0 Å². The second-order valence-electron chi connectivity index (χ2n) is 4.60. The van der Waals surface area contributed by atoms with Crippen molar-refractivity contribution in [1.29, 1.82) is 0 Å². The van der Waals surface area contributed by atoms with E-state index in [9.17, 15) is 0 Å². The Bertz CT molecular complexity index is 365. The van der Waals surface area contributed by atoms with E-state index in [1.165, 1.54) is 5.69 Å². The third-order valence-corrected chi connectivity index (χ3v) is 4.26. The number of aryl methyl sites for hydroxylation is 2. The molecule has 18 heavy (non-hydrogen) atoms. The molecule has 0 bridgehead atoms. The number of hydrogen-bond acceptors (Lipinski definition) is 3. The summed E-state index contributed by atoms with van der Waals surface area (Å²) in [6.45, 7) is 6.30. The van der Waals surface area contributed by atoms with Crippen LogP contribution >= 0.6 is 15.9 Å². The van der Waals surface area contributed by atoms with Gasteiger partial charge < -0.3 is 10.4 Å². The van der Waals surface area contributed by atoms with Crippen LogP contribution in [-0.4, -0.2) is 28.0 Å². The van der Waals surface area contributed by atoms with Crippen molar-refractivity contribution in [3.8, 4) is 0 Å². The molecule has 1 rings (SSSR count). The highest BCUT2D eigenvalue weighted by Gasteiger charge is 2.12. The minimum Gasteiger partial charge on any atom is -0.396 e. The van der Waals surface area contributed by atoms with E-state index in [2.05, 4.69) is 40.2 Å². The molecule has 0 aliphatic heterocycles. The van der Waals surface area contributed by atoms with Crippen LogP contribution in [0.4, 0.5) is 0 Å². The van der Waals surface area contributed by atoms with Crippen LogP contribution < -0.4 is 5.32 Å². The summed E-state index contributed by atoms with van der Waals surface area (Å²) in [5, 5.41) is 16.9. The standard InChI is InChI=1S/C13H24BrN3O/c1-4-10(6-7-18)8-15-9-12-13(14)11(5-2)16-17(12)3/h10,15,18H,4-9H2,1-3H3. The van der Waals surface area contributed by atoms with Gasteiger partial charge in [0.25, 0.3) is 0 Å². The highest BCUT2D eigenvalue weighted by molar-refractivity contribution is 9.10. The van der Waals surface area contributed by atoms with Gasteiger partial charge in [-0.2, -0.15) is 5.10 Å². The van der Waals surface area contributed by atoms with Crippen molar-refractivity contribution in [1.82, 2.24) is 15.1 Å². The molecule has 0 fully saturated rings. The van der Waals surface area contributed by atoms with Gasteiger partial charge in [-0.05, 0) is 41.2 Å². The number of rotatable bonds is 8. The first-order valence-electron chi connectivity index (χ1n) is 6.65. The van der Waals surface area contributed by atoms with Crippen LogP contribution in [0.15, 0.2) is 4.47 Å². The predicted molar refractivity (Wildman–Crippen MR) is 77.5 cm³/mol. The normalized spacial score (nSPS) is 12.9. The maximum absolute atomic E-state index is 8.96. The van der Waals surface area contributed by atoms with Gasteiger partial charge in [0.05, 0.1) is 15.9 Å². The van der Waals surface area contributed by atoms with E-state index >= 15 is 0 Å². The average molecular weight is 318 g/mol. The first-order chi connectivity index (χ1) is 8.63. The molecule has 104 valence electrons. The Morgan fingerprint density at radius 2 is 2.17 bits per heavy atom. The molecule has 1 aromatic heterocycles. The summed E-state index contributed by atoms with van der Waals surface area (Å²) in [7, 11) is 1.98. The fraction of sp³-hybridized carbons (Fsp3) is 0.769. The molecule has 1 unspecified atom stereocenters. The van der Waals surface area contributed by atoms with Crippen molar-refractivity contribution in [3.05, 3.63) is 15.9 Å². The number of aromatic nitrogens is 2. The van der Waals surface area contributed by atoms with Crippen molar-refractivity contribution >= 4 is 15.9 Å². The predicted octanol–water partition coefficient (Wildman–Crippen LogP) is 2.24. The minimum atomic E-state index is 0.273. The van der Waals surface area contributed by atoms with E-state index in [0.717, 1.165) is 42.5 Å². The Hall–Kier alpha value is -0.390. The van der Waals surface area contributed by atoms with Crippen LogP contribution in [0.5, 0.6) is 0 Å². The van der Waals surface area contributed by atoms with Gasteiger partial charge >= 0.3 is 0 Å². The van der Waals surface area contributed by atoms with Crippen LogP contribution in [0.1, 0.15) is 38.1 Å². The van der Waals surface area contributed by atoms with Gasteiger partial charge in [-0.1, -0.05) is 20.3 Å². The van der Waals surface area contributed by atoms with Gasteiger partial charge in [0.1, 0.15) is 0 Å². The molecule has 0 amide bonds. The summed E-state index contributed by atoms with van der Waals surface area (Å²) < 4.78 is 3.05. The van der Waals surface area contributed by atoms with Crippen molar-refractivity contribution in [3.63, 3.8) is 0 Å². The Kier molecular flexibility index (Phi) is 6.89. The quantitative estimate of drug-likeness (QED) is 0.773. The maximum Gasteiger partial charge on any atom is 0.0767 e. The number of aliphatic hydroxyl groups excluding tert-OH is 1. The average Bonchev–Trinajstić information content (AvgIpc) is 2.64. The lowest BCUT2D eigenvalue weighted by atomic mass is 10.0. The molecule has 0 saturated heterocycles. The van der Waals surface area contributed by atoms with Crippen molar-refractivity contribution in [2.24, 2.45) is 13.0 Å². The third-order valence-electron chi connectivity index (χ3n) is 3.34. The number of nitrogens with zero attached hydrogens (tertiary/aromatic N) is 2. The smallest absolute Gasteiger partial charge is 0.0767 e. The van der Waals surface area contributed by atoms with Gasteiger partial charge in [-0.25, -0.2) is 0 Å².